The van der Waals surface area contributed by atoms with Gasteiger partial charge in [0.2, 0.25) is 11.5 Å². The van der Waals surface area contributed by atoms with Crippen LogP contribution in [-0.4, -0.2) is 60.9 Å². The van der Waals surface area contributed by atoms with Gasteiger partial charge in [-0.2, -0.15) is 0 Å². The van der Waals surface area contributed by atoms with Gasteiger partial charge in [-0.25, -0.2) is 8.78 Å². The molecule has 1 fully saturated rings. The summed E-state index contributed by atoms with van der Waals surface area (Å²) in [6.45, 7) is 8.99. The summed E-state index contributed by atoms with van der Waals surface area (Å²) in [4.78, 5) is 42.8. The highest BCUT2D eigenvalue weighted by Crippen LogP contribution is 2.43. The van der Waals surface area contributed by atoms with Crippen molar-refractivity contribution >= 4 is 23.4 Å². The molecule has 8 nitrogen and oxygen atoms in total. The van der Waals surface area contributed by atoms with Crippen LogP contribution >= 0.6 is 0 Å². The molecule has 3 amide bonds. The smallest absolute Gasteiger partial charge is 0.275 e. The molecule has 0 aliphatic carbocycles. The Kier molecular flexibility index (Phi) is 8.54. The number of hydrogen-bond donors (Lipinski definition) is 2. The van der Waals surface area contributed by atoms with Crippen LogP contribution in [0.1, 0.15) is 62.9 Å². The predicted molar refractivity (Wildman–Crippen MR) is 144 cm³/mol. The number of halogens is 2. The second kappa shape index (κ2) is 11.7. The molecular formula is C29H36F2N4O4. The highest BCUT2D eigenvalue weighted by atomic mass is 19.1. The summed E-state index contributed by atoms with van der Waals surface area (Å²) in [6.07, 6.45) is 2.16. The number of nitrogens with one attached hydrogen (secondary N) is 2. The van der Waals surface area contributed by atoms with E-state index < -0.39 is 23.1 Å². The summed E-state index contributed by atoms with van der Waals surface area (Å²) in [5.41, 5.74) is -0.952. The Labute approximate surface area is 227 Å². The van der Waals surface area contributed by atoms with Crippen molar-refractivity contribution in [2.75, 3.05) is 31.1 Å². The number of nitrogens with zero attached hydrogens (tertiary/aromatic N) is 2. The maximum atomic E-state index is 14.1. The van der Waals surface area contributed by atoms with Crippen LogP contribution in [0.25, 0.3) is 0 Å². The van der Waals surface area contributed by atoms with Gasteiger partial charge in [0.25, 0.3) is 11.8 Å². The van der Waals surface area contributed by atoms with Gasteiger partial charge in [0.15, 0.2) is 0 Å². The first-order valence-corrected chi connectivity index (χ1v) is 13.5. The quantitative estimate of drug-likeness (QED) is 0.531. The third kappa shape index (κ3) is 5.90. The molecule has 2 aromatic carbocycles. The molecule has 210 valence electrons. The summed E-state index contributed by atoms with van der Waals surface area (Å²) in [5.74, 6) is -2.27. The molecule has 2 atom stereocenters. The van der Waals surface area contributed by atoms with Gasteiger partial charge in [-0.15, -0.1) is 0 Å². The fraction of sp³-hybridized carbons (Fsp3) is 0.483. The Hall–Kier alpha value is -3.53. The van der Waals surface area contributed by atoms with Gasteiger partial charge < -0.3 is 25.2 Å². The molecule has 0 radical (unpaired) electrons. The van der Waals surface area contributed by atoms with Crippen molar-refractivity contribution in [3.8, 4) is 5.75 Å². The number of carbonyl (C=O) groups excluding carboxylic acids is 3. The zero-order chi connectivity index (χ0) is 28.3. The summed E-state index contributed by atoms with van der Waals surface area (Å²) in [6, 6.07) is 7.75. The minimum Gasteiger partial charge on any atom is -0.471 e. The van der Waals surface area contributed by atoms with Crippen molar-refractivity contribution in [3.05, 3.63) is 59.2 Å². The third-order valence-electron chi connectivity index (χ3n) is 7.31. The average Bonchev–Trinajstić information content (AvgIpc) is 2.90. The first kappa shape index (κ1) is 28.5. The van der Waals surface area contributed by atoms with E-state index in [9.17, 15) is 23.2 Å². The fourth-order valence-electron chi connectivity index (χ4n) is 5.29. The Morgan fingerprint density at radius 3 is 2.54 bits per heavy atom. The summed E-state index contributed by atoms with van der Waals surface area (Å²) in [7, 11) is 0. The number of ether oxygens (including phenoxy) is 1. The van der Waals surface area contributed by atoms with E-state index in [1.54, 1.807) is 25.1 Å². The maximum absolute atomic E-state index is 14.1. The lowest BCUT2D eigenvalue weighted by Crippen LogP contribution is -2.54. The molecule has 2 aromatic rings. The van der Waals surface area contributed by atoms with Gasteiger partial charge in [0.05, 0.1) is 5.69 Å². The van der Waals surface area contributed by atoms with Crippen LogP contribution in [-0.2, 0) is 15.2 Å². The summed E-state index contributed by atoms with van der Waals surface area (Å²) in [5, 5.41) is 6.11. The molecule has 2 N–H and O–H groups in total. The number of anilines is 1. The summed E-state index contributed by atoms with van der Waals surface area (Å²) < 4.78 is 34.4. The monoisotopic (exact) mass is 542 g/mol. The number of carbonyl (C=O) groups is 3. The summed E-state index contributed by atoms with van der Waals surface area (Å²) >= 11 is 0. The number of amides is 3. The van der Waals surface area contributed by atoms with Crippen LogP contribution in [0.4, 0.5) is 14.5 Å². The van der Waals surface area contributed by atoms with Crippen molar-refractivity contribution in [2.45, 2.75) is 64.6 Å². The van der Waals surface area contributed by atoms with E-state index in [0.29, 0.717) is 17.8 Å². The fourth-order valence-corrected chi connectivity index (χ4v) is 5.29. The molecule has 10 heteroatoms. The van der Waals surface area contributed by atoms with Gasteiger partial charge in [-0.05, 0) is 70.5 Å². The first-order valence-electron chi connectivity index (χ1n) is 13.5. The Morgan fingerprint density at radius 1 is 1.21 bits per heavy atom. The van der Waals surface area contributed by atoms with Crippen molar-refractivity contribution in [1.82, 2.24) is 15.5 Å². The van der Waals surface area contributed by atoms with E-state index in [2.05, 4.69) is 10.6 Å². The minimum absolute atomic E-state index is 0.0224. The normalized spacial score (nSPS) is 20.8. The van der Waals surface area contributed by atoms with E-state index in [0.717, 1.165) is 37.6 Å². The lowest BCUT2D eigenvalue weighted by atomic mass is 9.91. The topological polar surface area (TPSA) is 91.0 Å². The van der Waals surface area contributed by atoms with Gasteiger partial charge in [0.1, 0.15) is 17.4 Å². The van der Waals surface area contributed by atoms with Crippen LogP contribution < -0.4 is 20.3 Å². The largest absolute Gasteiger partial charge is 0.471 e. The lowest BCUT2D eigenvalue weighted by molar-refractivity contribution is -0.135. The molecular weight excluding hydrogens is 506 g/mol. The Bertz CT molecular complexity index is 1230. The molecule has 0 bridgehead atoms. The van der Waals surface area contributed by atoms with E-state index in [1.165, 1.54) is 11.8 Å². The second-order valence-corrected chi connectivity index (χ2v) is 10.4. The van der Waals surface area contributed by atoms with Gasteiger partial charge in [-0.3, -0.25) is 14.4 Å². The highest BCUT2D eigenvalue weighted by molar-refractivity contribution is 6.05. The molecule has 2 aliphatic heterocycles. The van der Waals surface area contributed by atoms with Crippen molar-refractivity contribution in [1.29, 1.82) is 0 Å². The van der Waals surface area contributed by atoms with Crippen LogP contribution in [0.15, 0.2) is 36.4 Å². The number of benzene rings is 2. The number of fused-ring (bicyclic) bond motifs is 1. The van der Waals surface area contributed by atoms with Crippen LogP contribution in [0.5, 0.6) is 5.75 Å². The van der Waals surface area contributed by atoms with E-state index >= 15 is 0 Å². The maximum Gasteiger partial charge on any atom is 0.275 e. The number of piperidine rings is 1. The highest BCUT2D eigenvalue weighted by Gasteiger charge is 2.47. The van der Waals surface area contributed by atoms with Gasteiger partial charge in [-0.1, -0.05) is 6.92 Å². The zero-order valence-electron chi connectivity index (χ0n) is 22.9. The van der Waals surface area contributed by atoms with E-state index in [-0.39, 0.29) is 54.7 Å². The lowest BCUT2D eigenvalue weighted by Gasteiger charge is -2.41. The molecule has 0 saturated carbocycles. The zero-order valence-corrected chi connectivity index (χ0v) is 22.9. The molecule has 39 heavy (non-hydrogen) atoms. The average molecular weight is 543 g/mol. The minimum atomic E-state index is -1.73. The van der Waals surface area contributed by atoms with Gasteiger partial charge in [0, 0.05) is 55.3 Å². The van der Waals surface area contributed by atoms with Crippen LogP contribution in [0.2, 0.25) is 0 Å². The Morgan fingerprint density at radius 2 is 1.92 bits per heavy atom. The number of hydrogen-bond acceptors (Lipinski definition) is 5. The molecule has 4 rings (SSSR count). The standard InChI is InChI=1S/C29H36F2N4O4/c1-5-26(36)33-11-12-34-24-13-19(27(37)35(18(2)3)23-7-6-10-32-17-23)8-9-25(24)39-29(4,28(34)38)20-14-21(30)16-22(31)15-20/h8-9,13-16,18,23,32H,5-7,10-12,17H2,1-4H3,(H,33,36)/t23-,29+/m1/s1. The van der Waals surface area contributed by atoms with E-state index in [4.69, 9.17) is 4.74 Å². The molecule has 1 saturated heterocycles. The number of rotatable bonds is 8. The SMILES string of the molecule is CCC(=O)NCCN1C(=O)[C@](C)(c2cc(F)cc(F)c2)Oc2ccc(C(=O)N(C(C)C)[C@@H]3CCCNC3)cc21. The first-order chi connectivity index (χ1) is 18.5. The molecule has 0 spiro atoms. The second-order valence-electron chi connectivity index (χ2n) is 10.4. The van der Waals surface area contributed by atoms with Gasteiger partial charge >= 0.3 is 0 Å². The molecule has 2 heterocycles. The third-order valence-corrected chi connectivity index (χ3v) is 7.31. The van der Waals surface area contributed by atoms with Crippen molar-refractivity contribution in [2.24, 2.45) is 0 Å². The van der Waals surface area contributed by atoms with Crippen LogP contribution in [0, 0.1) is 11.6 Å². The molecule has 2 aliphatic rings. The predicted octanol–water partition coefficient (Wildman–Crippen LogP) is 3.73. The van der Waals surface area contributed by atoms with Crippen molar-refractivity contribution in [3.63, 3.8) is 0 Å². The van der Waals surface area contributed by atoms with E-state index in [1.807, 2.05) is 18.7 Å². The molecule has 0 aromatic heterocycles. The Balaban J connectivity index is 1.73. The van der Waals surface area contributed by atoms with Crippen molar-refractivity contribution < 1.29 is 27.9 Å². The van der Waals surface area contributed by atoms with Crippen LogP contribution in [0.3, 0.4) is 0 Å². The molecule has 0 unspecified atom stereocenters.